The SMILES string of the molecule is NC1CC/C=C(/CC(O)COc2cccc3sncc23)CCC1. The molecule has 124 valence electrons. The fourth-order valence-electron chi connectivity index (χ4n) is 3.06. The summed E-state index contributed by atoms with van der Waals surface area (Å²) in [5, 5.41) is 11.3. The van der Waals surface area contributed by atoms with Gasteiger partial charge in [0.1, 0.15) is 12.4 Å². The van der Waals surface area contributed by atoms with E-state index < -0.39 is 6.10 Å². The predicted octanol–water partition coefficient (Wildman–Crippen LogP) is 3.64. The van der Waals surface area contributed by atoms with Crippen molar-refractivity contribution in [2.24, 2.45) is 5.73 Å². The third kappa shape index (κ3) is 4.53. The minimum absolute atomic E-state index is 0.311. The third-order valence-corrected chi connectivity index (χ3v) is 5.09. The Morgan fingerprint density at radius 1 is 1.39 bits per heavy atom. The molecular formula is C18H24N2O2S. The molecule has 0 amide bonds. The first kappa shape index (κ1) is 16.4. The average molecular weight is 332 g/mol. The van der Waals surface area contributed by atoms with E-state index in [0.717, 1.165) is 47.9 Å². The number of rotatable bonds is 5. The maximum absolute atomic E-state index is 10.3. The molecule has 3 rings (SSSR count). The number of benzene rings is 1. The van der Waals surface area contributed by atoms with Gasteiger partial charge in [-0.3, -0.25) is 0 Å². The van der Waals surface area contributed by atoms with Crippen LogP contribution in [0, 0.1) is 0 Å². The zero-order valence-electron chi connectivity index (χ0n) is 13.3. The fraction of sp³-hybridized carbons (Fsp3) is 0.500. The van der Waals surface area contributed by atoms with Crippen molar-refractivity contribution < 1.29 is 9.84 Å². The topological polar surface area (TPSA) is 68.4 Å². The molecule has 3 N–H and O–H groups in total. The molecule has 2 unspecified atom stereocenters. The second-order valence-electron chi connectivity index (χ2n) is 6.25. The van der Waals surface area contributed by atoms with Crippen molar-refractivity contribution in [2.45, 2.75) is 50.7 Å². The molecule has 1 aliphatic rings. The van der Waals surface area contributed by atoms with E-state index in [1.807, 2.05) is 24.4 Å². The van der Waals surface area contributed by atoms with Gasteiger partial charge >= 0.3 is 0 Å². The molecule has 5 heteroatoms. The predicted molar refractivity (Wildman–Crippen MR) is 94.9 cm³/mol. The van der Waals surface area contributed by atoms with Crippen molar-refractivity contribution in [3.63, 3.8) is 0 Å². The van der Waals surface area contributed by atoms with Crippen molar-refractivity contribution in [1.82, 2.24) is 4.37 Å². The number of hydrogen-bond acceptors (Lipinski definition) is 5. The Morgan fingerprint density at radius 3 is 3.22 bits per heavy atom. The van der Waals surface area contributed by atoms with Crippen LogP contribution in [0.2, 0.25) is 0 Å². The second kappa shape index (κ2) is 7.90. The molecule has 0 fully saturated rings. The summed E-state index contributed by atoms with van der Waals surface area (Å²) in [7, 11) is 0. The fourth-order valence-corrected chi connectivity index (χ4v) is 3.73. The zero-order valence-corrected chi connectivity index (χ0v) is 14.1. The Morgan fingerprint density at radius 2 is 2.30 bits per heavy atom. The van der Waals surface area contributed by atoms with Gasteiger partial charge in [0.15, 0.2) is 0 Å². The highest BCUT2D eigenvalue weighted by Gasteiger charge is 2.13. The van der Waals surface area contributed by atoms with Crippen LogP contribution in [-0.4, -0.2) is 28.2 Å². The minimum Gasteiger partial charge on any atom is -0.490 e. The highest BCUT2D eigenvalue weighted by Crippen LogP contribution is 2.28. The summed E-state index contributed by atoms with van der Waals surface area (Å²) in [5.74, 6) is 0.799. The van der Waals surface area contributed by atoms with Crippen LogP contribution in [0.5, 0.6) is 5.75 Å². The molecule has 1 heterocycles. The summed E-state index contributed by atoms with van der Waals surface area (Å²) >= 11 is 1.46. The number of aromatic nitrogens is 1. The van der Waals surface area contributed by atoms with Gasteiger partial charge in [-0.1, -0.05) is 17.7 Å². The monoisotopic (exact) mass is 332 g/mol. The van der Waals surface area contributed by atoms with Crippen LogP contribution in [0.25, 0.3) is 10.1 Å². The lowest BCUT2D eigenvalue weighted by Gasteiger charge is -2.18. The van der Waals surface area contributed by atoms with Gasteiger partial charge in [0.05, 0.1) is 22.4 Å². The molecule has 0 saturated carbocycles. The van der Waals surface area contributed by atoms with Crippen LogP contribution in [0.3, 0.4) is 0 Å². The van der Waals surface area contributed by atoms with Gasteiger partial charge in [-0.2, -0.15) is 4.37 Å². The molecule has 23 heavy (non-hydrogen) atoms. The van der Waals surface area contributed by atoms with E-state index in [0.29, 0.717) is 19.1 Å². The summed E-state index contributed by atoms with van der Waals surface area (Å²) in [4.78, 5) is 0. The second-order valence-corrected chi connectivity index (χ2v) is 7.09. The number of nitrogens with zero attached hydrogens (tertiary/aromatic N) is 1. The Kier molecular flexibility index (Phi) is 5.65. The molecule has 4 nitrogen and oxygen atoms in total. The van der Waals surface area contributed by atoms with E-state index in [1.165, 1.54) is 17.1 Å². The zero-order chi connectivity index (χ0) is 16.1. The highest BCUT2D eigenvalue weighted by atomic mass is 32.1. The third-order valence-electron chi connectivity index (χ3n) is 4.33. The van der Waals surface area contributed by atoms with E-state index in [1.54, 1.807) is 0 Å². The first-order chi connectivity index (χ1) is 11.2. The molecule has 0 radical (unpaired) electrons. The van der Waals surface area contributed by atoms with E-state index >= 15 is 0 Å². The molecule has 2 aromatic rings. The van der Waals surface area contributed by atoms with Gasteiger partial charge in [0.2, 0.25) is 0 Å². The van der Waals surface area contributed by atoms with Crippen LogP contribution in [0.15, 0.2) is 36.0 Å². The van der Waals surface area contributed by atoms with Crippen LogP contribution < -0.4 is 10.5 Å². The summed E-state index contributed by atoms with van der Waals surface area (Å²) < 4.78 is 11.1. The average Bonchev–Trinajstić information content (AvgIpc) is 2.99. The quantitative estimate of drug-likeness (QED) is 0.820. The highest BCUT2D eigenvalue weighted by molar-refractivity contribution is 7.13. The first-order valence-electron chi connectivity index (χ1n) is 8.30. The summed E-state index contributed by atoms with van der Waals surface area (Å²) in [6, 6.07) is 6.25. The van der Waals surface area contributed by atoms with E-state index in [2.05, 4.69) is 10.4 Å². The van der Waals surface area contributed by atoms with Crippen LogP contribution in [0.4, 0.5) is 0 Å². The lowest BCUT2D eigenvalue weighted by molar-refractivity contribution is 0.107. The van der Waals surface area contributed by atoms with Crippen LogP contribution in [0.1, 0.15) is 38.5 Å². The number of aliphatic hydroxyl groups is 1. The van der Waals surface area contributed by atoms with Gasteiger partial charge in [-0.15, -0.1) is 0 Å². The molecule has 0 spiro atoms. The number of nitrogens with two attached hydrogens (primary N) is 1. The Bertz CT molecular complexity index is 668. The van der Waals surface area contributed by atoms with Crippen LogP contribution in [-0.2, 0) is 0 Å². The van der Waals surface area contributed by atoms with Crippen molar-refractivity contribution >= 4 is 21.6 Å². The van der Waals surface area contributed by atoms with Crippen molar-refractivity contribution in [1.29, 1.82) is 0 Å². The molecule has 0 aliphatic heterocycles. The van der Waals surface area contributed by atoms with Crippen molar-refractivity contribution in [3.8, 4) is 5.75 Å². The van der Waals surface area contributed by atoms with E-state index in [9.17, 15) is 5.11 Å². The maximum atomic E-state index is 10.3. The van der Waals surface area contributed by atoms with Crippen LogP contribution >= 0.6 is 11.5 Å². The lowest BCUT2D eigenvalue weighted by atomic mass is 9.94. The molecule has 0 bridgehead atoms. The van der Waals surface area contributed by atoms with E-state index in [4.69, 9.17) is 10.5 Å². The Labute approximate surface area is 141 Å². The summed E-state index contributed by atoms with van der Waals surface area (Å²) in [6.45, 7) is 0.311. The lowest BCUT2D eigenvalue weighted by Crippen LogP contribution is -2.21. The van der Waals surface area contributed by atoms with Crippen molar-refractivity contribution in [3.05, 3.63) is 36.0 Å². The smallest absolute Gasteiger partial charge is 0.129 e. The van der Waals surface area contributed by atoms with Gasteiger partial charge in [-0.05, 0) is 62.2 Å². The standard InChI is InChI=1S/C18H24N2O2S/c19-14-6-1-4-13(5-2-7-14)10-15(21)12-22-17-8-3-9-18-16(17)11-20-23-18/h3-4,8-9,11,14-15,21H,1-2,5-7,10,12,19H2/b13-4+. The first-order valence-corrected chi connectivity index (χ1v) is 9.07. The Hall–Kier alpha value is -1.43. The minimum atomic E-state index is -0.476. The van der Waals surface area contributed by atoms with Gasteiger partial charge in [-0.25, -0.2) is 0 Å². The number of aliphatic hydroxyl groups excluding tert-OH is 1. The normalized spacial score (nSPS) is 22.9. The largest absolute Gasteiger partial charge is 0.490 e. The van der Waals surface area contributed by atoms with Crippen molar-refractivity contribution in [2.75, 3.05) is 6.61 Å². The number of allylic oxidation sites excluding steroid dienone is 1. The molecule has 0 saturated heterocycles. The van der Waals surface area contributed by atoms with Gasteiger partial charge in [0, 0.05) is 6.04 Å². The number of ether oxygens (including phenoxy) is 1. The van der Waals surface area contributed by atoms with Gasteiger partial charge in [0.25, 0.3) is 0 Å². The number of fused-ring (bicyclic) bond motifs is 1. The molecule has 1 aliphatic carbocycles. The summed E-state index contributed by atoms with van der Waals surface area (Å²) in [5.41, 5.74) is 7.33. The number of hydrogen-bond donors (Lipinski definition) is 2. The molecule has 2 atom stereocenters. The van der Waals surface area contributed by atoms with E-state index in [-0.39, 0.29) is 0 Å². The maximum Gasteiger partial charge on any atom is 0.129 e. The van der Waals surface area contributed by atoms with Gasteiger partial charge < -0.3 is 15.6 Å². The molecule has 1 aromatic carbocycles. The Balaban J connectivity index is 1.54. The molecular weight excluding hydrogens is 308 g/mol. The molecule has 1 aromatic heterocycles. The summed E-state index contributed by atoms with van der Waals surface area (Å²) in [6.07, 6.45) is 9.58.